The van der Waals surface area contributed by atoms with Crippen LogP contribution in [0.15, 0.2) is 64.4 Å². The lowest BCUT2D eigenvalue weighted by Crippen LogP contribution is -2.19. The van der Waals surface area contributed by atoms with Crippen molar-refractivity contribution in [1.82, 2.24) is 9.78 Å². The van der Waals surface area contributed by atoms with E-state index in [-0.39, 0.29) is 5.56 Å². The fraction of sp³-hybridized carbons (Fsp3) is 0.273. The first kappa shape index (κ1) is 18.7. The van der Waals surface area contributed by atoms with E-state index in [1.54, 1.807) is 11.8 Å². The Bertz CT molecular complexity index is 967. The first-order valence-electron chi connectivity index (χ1n) is 9.22. The Morgan fingerprint density at radius 1 is 1.11 bits per heavy atom. The predicted molar refractivity (Wildman–Crippen MR) is 110 cm³/mol. The van der Waals surface area contributed by atoms with Crippen LogP contribution in [0, 0.1) is 0 Å². The molecule has 0 bridgehead atoms. The molecule has 0 amide bonds. The summed E-state index contributed by atoms with van der Waals surface area (Å²) in [4.78, 5) is 17.8. The van der Waals surface area contributed by atoms with Crippen LogP contribution in [0.25, 0.3) is 16.9 Å². The summed E-state index contributed by atoms with van der Waals surface area (Å²) in [5.74, 6) is 0.749. The molecule has 1 N–H and O–H groups in total. The number of hydrogen-bond acceptors (Lipinski definition) is 3. The monoisotopic (exact) mass is 363 g/mol. The van der Waals surface area contributed by atoms with Crippen LogP contribution < -0.4 is 10.3 Å². The van der Waals surface area contributed by atoms with Crippen molar-refractivity contribution < 1.29 is 4.74 Å². The molecular weight excluding hydrogens is 338 g/mol. The summed E-state index contributed by atoms with van der Waals surface area (Å²) >= 11 is 0. The average molecular weight is 363 g/mol. The van der Waals surface area contributed by atoms with Gasteiger partial charge in [-0.2, -0.15) is 0 Å². The molecule has 2 aromatic carbocycles. The first-order chi connectivity index (χ1) is 13.2. The molecule has 1 aromatic heterocycles. The number of H-pyrrole nitrogens is 1. The minimum Gasteiger partial charge on any atom is -0.497 e. The number of aromatic nitrogens is 2. The lowest BCUT2D eigenvalue weighted by atomic mass is 10.1. The third-order valence-electron chi connectivity index (χ3n) is 4.51. The molecule has 5 nitrogen and oxygen atoms in total. The van der Waals surface area contributed by atoms with Gasteiger partial charge < -0.3 is 4.74 Å². The maximum Gasteiger partial charge on any atom is 0.280 e. The van der Waals surface area contributed by atoms with E-state index in [1.165, 1.54) is 0 Å². The molecule has 0 radical (unpaired) electrons. The molecule has 140 valence electrons. The normalized spacial score (nSPS) is 11.6. The molecule has 0 atom stereocenters. The third-order valence-corrected chi connectivity index (χ3v) is 4.51. The Balaban J connectivity index is 2.13. The van der Waals surface area contributed by atoms with Crippen LogP contribution in [0.2, 0.25) is 0 Å². The van der Waals surface area contributed by atoms with Crippen LogP contribution in [0.3, 0.4) is 0 Å². The van der Waals surface area contributed by atoms with Crippen molar-refractivity contribution in [1.29, 1.82) is 0 Å². The number of rotatable bonds is 7. The van der Waals surface area contributed by atoms with Crippen molar-refractivity contribution in [3.05, 3.63) is 70.5 Å². The topological polar surface area (TPSA) is 59.4 Å². The number of hydrogen-bond donors (Lipinski definition) is 1. The zero-order chi connectivity index (χ0) is 19.2. The minimum atomic E-state index is -0.100. The highest BCUT2D eigenvalue weighted by molar-refractivity contribution is 6.03. The summed E-state index contributed by atoms with van der Waals surface area (Å²) in [7, 11) is 1.62. The van der Waals surface area contributed by atoms with Gasteiger partial charge >= 0.3 is 0 Å². The van der Waals surface area contributed by atoms with E-state index in [4.69, 9.17) is 4.74 Å². The Kier molecular flexibility index (Phi) is 5.91. The number of nitrogens with one attached hydrogen (secondary N) is 1. The number of methoxy groups -OCH3 is 1. The Morgan fingerprint density at radius 3 is 2.44 bits per heavy atom. The van der Waals surface area contributed by atoms with E-state index in [2.05, 4.69) is 17.0 Å². The molecule has 27 heavy (non-hydrogen) atoms. The minimum absolute atomic E-state index is 0.100. The van der Waals surface area contributed by atoms with E-state index in [0.717, 1.165) is 47.8 Å². The van der Waals surface area contributed by atoms with Gasteiger partial charge in [-0.1, -0.05) is 43.7 Å². The molecule has 5 heteroatoms. The molecule has 1 heterocycles. The van der Waals surface area contributed by atoms with Crippen molar-refractivity contribution in [2.24, 2.45) is 4.99 Å². The van der Waals surface area contributed by atoms with Gasteiger partial charge in [-0.05, 0) is 37.6 Å². The van der Waals surface area contributed by atoms with Gasteiger partial charge in [0.25, 0.3) is 5.56 Å². The summed E-state index contributed by atoms with van der Waals surface area (Å²) < 4.78 is 6.78. The second kappa shape index (κ2) is 8.54. The summed E-state index contributed by atoms with van der Waals surface area (Å²) in [6.07, 6.45) is 2.08. The van der Waals surface area contributed by atoms with Crippen LogP contribution in [0.4, 0.5) is 0 Å². The predicted octanol–water partition coefficient (Wildman–Crippen LogP) is 4.45. The molecule has 0 fully saturated rings. The lowest BCUT2D eigenvalue weighted by Gasteiger charge is -2.04. The number of nitrogens with zero attached hydrogens (tertiary/aromatic N) is 2. The Labute approximate surface area is 159 Å². The lowest BCUT2D eigenvalue weighted by molar-refractivity contribution is 0.414. The van der Waals surface area contributed by atoms with Gasteiger partial charge in [0.05, 0.1) is 24.1 Å². The number of unbranched alkanes of at least 4 members (excludes halogenated alkanes) is 1. The fourth-order valence-electron chi connectivity index (χ4n) is 2.98. The molecule has 0 aliphatic heterocycles. The van der Waals surface area contributed by atoms with E-state index < -0.39 is 0 Å². The Hall–Kier alpha value is -3.08. The fourth-order valence-corrected chi connectivity index (χ4v) is 2.98. The van der Waals surface area contributed by atoms with Gasteiger partial charge in [0, 0.05) is 17.8 Å². The summed E-state index contributed by atoms with van der Waals surface area (Å²) in [6, 6.07) is 17.3. The maximum atomic E-state index is 13.2. The van der Waals surface area contributed by atoms with Gasteiger partial charge in [-0.3, -0.25) is 14.9 Å². The zero-order valence-corrected chi connectivity index (χ0v) is 16.0. The number of benzene rings is 2. The third kappa shape index (κ3) is 4.03. The largest absolute Gasteiger partial charge is 0.497 e. The zero-order valence-electron chi connectivity index (χ0n) is 16.0. The van der Waals surface area contributed by atoms with E-state index in [9.17, 15) is 4.79 Å². The van der Waals surface area contributed by atoms with E-state index >= 15 is 0 Å². The van der Waals surface area contributed by atoms with E-state index in [1.807, 2.05) is 61.5 Å². The first-order valence-corrected chi connectivity index (χ1v) is 9.22. The van der Waals surface area contributed by atoms with Gasteiger partial charge in [-0.15, -0.1) is 0 Å². The highest BCUT2D eigenvalue weighted by atomic mass is 16.5. The SMILES string of the molecule is CCCCN=C(C)c1c(-c2ccccc2)[nH]n(-c2ccc(OC)cc2)c1=O. The number of ether oxygens (including phenoxy) is 1. The molecule has 0 aliphatic carbocycles. The second-order valence-corrected chi connectivity index (χ2v) is 6.39. The van der Waals surface area contributed by atoms with Crippen LogP contribution >= 0.6 is 0 Å². The van der Waals surface area contributed by atoms with Gasteiger partial charge in [-0.25, -0.2) is 4.68 Å². The van der Waals surface area contributed by atoms with Crippen molar-refractivity contribution in [3.8, 4) is 22.7 Å². The Morgan fingerprint density at radius 2 is 1.81 bits per heavy atom. The standard InChI is InChI=1S/C22H25N3O2/c1-4-5-15-23-16(2)20-21(17-9-7-6-8-10-17)24-25(22(20)26)18-11-13-19(27-3)14-12-18/h6-14,24H,4-5,15H2,1-3H3. The van der Waals surface area contributed by atoms with Gasteiger partial charge in [0.15, 0.2) is 0 Å². The molecule has 0 unspecified atom stereocenters. The average Bonchev–Trinajstić information content (AvgIpc) is 3.06. The smallest absolute Gasteiger partial charge is 0.280 e. The molecule has 0 saturated heterocycles. The van der Waals surface area contributed by atoms with Crippen molar-refractivity contribution in [2.75, 3.05) is 13.7 Å². The molecule has 0 aliphatic rings. The molecular formula is C22H25N3O2. The second-order valence-electron chi connectivity index (χ2n) is 6.39. The number of aromatic amines is 1. The van der Waals surface area contributed by atoms with Crippen molar-refractivity contribution in [2.45, 2.75) is 26.7 Å². The van der Waals surface area contributed by atoms with Crippen LogP contribution in [0.5, 0.6) is 5.75 Å². The quantitative estimate of drug-likeness (QED) is 0.498. The summed E-state index contributed by atoms with van der Waals surface area (Å²) in [5.41, 5.74) is 3.78. The van der Waals surface area contributed by atoms with Crippen LogP contribution in [0.1, 0.15) is 32.3 Å². The van der Waals surface area contributed by atoms with Crippen LogP contribution in [-0.2, 0) is 0 Å². The van der Waals surface area contributed by atoms with E-state index in [0.29, 0.717) is 5.56 Å². The highest BCUT2D eigenvalue weighted by Crippen LogP contribution is 2.22. The van der Waals surface area contributed by atoms with Crippen LogP contribution in [-0.4, -0.2) is 29.1 Å². The highest BCUT2D eigenvalue weighted by Gasteiger charge is 2.19. The van der Waals surface area contributed by atoms with Crippen molar-refractivity contribution >= 4 is 5.71 Å². The maximum absolute atomic E-state index is 13.2. The molecule has 0 saturated carbocycles. The number of aliphatic imine (C=N–C) groups is 1. The summed E-state index contributed by atoms with van der Waals surface area (Å²) in [5, 5.41) is 3.27. The van der Waals surface area contributed by atoms with Crippen molar-refractivity contribution in [3.63, 3.8) is 0 Å². The molecule has 3 aromatic rings. The van der Waals surface area contributed by atoms with Gasteiger partial charge in [0.1, 0.15) is 5.75 Å². The summed E-state index contributed by atoms with van der Waals surface area (Å²) in [6.45, 7) is 4.77. The molecule has 0 spiro atoms. The molecule has 3 rings (SSSR count). The van der Waals surface area contributed by atoms with Gasteiger partial charge in [0.2, 0.25) is 0 Å².